The van der Waals surface area contributed by atoms with E-state index in [-0.39, 0.29) is 29.1 Å². The molecule has 0 heterocycles. The molecule has 3 aromatic carbocycles. The maximum absolute atomic E-state index is 13.9. The van der Waals surface area contributed by atoms with E-state index in [9.17, 15) is 18.0 Å². The fourth-order valence-electron chi connectivity index (χ4n) is 4.00. The zero-order valence-corrected chi connectivity index (χ0v) is 23.2. The van der Waals surface area contributed by atoms with Crippen molar-refractivity contribution in [2.45, 2.75) is 51.2 Å². The molecule has 8 nitrogen and oxygen atoms in total. The van der Waals surface area contributed by atoms with E-state index in [4.69, 9.17) is 4.74 Å². The Hall–Kier alpha value is -3.85. The van der Waals surface area contributed by atoms with Crippen LogP contribution in [0.5, 0.6) is 5.75 Å². The van der Waals surface area contributed by atoms with E-state index >= 15 is 0 Å². The second-order valence-electron chi connectivity index (χ2n) is 9.35. The first-order valence-electron chi connectivity index (χ1n) is 12.4. The van der Waals surface area contributed by atoms with Gasteiger partial charge in [0.2, 0.25) is 11.8 Å². The number of nitrogens with zero attached hydrogens (tertiary/aromatic N) is 2. The van der Waals surface area contributed by atoms with Crippen LogP contribution >= 0.6 is 0 Å². The molecule has 0 aliphatic rings. The van der Waals surface area contributed by atoms with Crippen LogP contribution in [0.1, 0.15) is 31.9 Å². The summed E-state index contributed by atoms with van der Waals surface area (Å²) in [5, 5.41) is 2.85. The van der Waals surface area contributed by atoms with Crippen molar-refractivity contribution in [2.75, 3.05) is 18.0 Å². The number of nitrogens with one attached hydrogen (secondary N) is 1. The molecule has 0 aliphatic carbocycles. The summed E-state index contributed by atoms with van der Waals surface area (Å²) in [6.07, 6.45) is 0. The number of sulfonamides is 1. The Morgan fingerprint density at radius 3 is 2.11 bits per heavy atom. The molecule has 3 rings (SSSR count). The molecule has 2 amide bonds. The highest BCUT2D eigenvalue weighted by molar-refractivity contribution is 7.92. The van der Waals surface area contributed by atoms with Gasteiger partial charge in [0.05, 0.1) is 17.7 Å². The summed E-state index contributed by atoms with van der Waals surface area (Å²) in [4.78, 5) is 28.3. The van der Waals surface area contributed by atoms with Crippen LogP contribution in [-0.4, -0.2) is 50.9 Å². The predicted octanol–water partition coefficient (Wildman–Crippen LogP) is 4.14. The van der Waals surface area contributed by atoms with E-state index in [0.29, 0.717) is 5.75 Å². The molecule has 202 valence electrons. The zero-order chi connectivity index (χ0) is 27.9. The number of carbonyl (C=O) groups is 2. The van der Waals surface area contributed by atoms with Gasteiger partial charge in [0.25, 0.3) is 10.0 Å². The Balaban J connectivity index is 2.08. The highest BCUT2D eigenvalue weighted by Crippen LogP contribution is 2.33. The van der Waals surface area contributed by atoms with E-state index in [0.717, 1.165) is 15.4 Å². The van der Waals surface area contributed by atoms with Gasteiger partial charge in [-0.15, -0.1) is 0 Å². The molecule has 0 unspecified atom stereocenters. The lowest BCUT2D eigenvalue weighted by Crippen LogP contribution is -2.52. The first-order chi connectivity index (χ1) is 18.0. The summed E-state index contributed by atoms with van der Waals surface area (Å²) in [5.41, 5.74) is 1.85. The van der Waals surface area contributed by atoms with Gasteiger partial charge in [0, 0.05) is 12.6 Å². The van der Waals surface area contributed by atoms with Crippen molar-refractivity contribution in [1.29, 1.82) is 0 Å². The van der Waals surface area contributed by atoms with Crippen LogP contribution in [0.25, 0.3) is 0 Å². The van der Waals surface area contributed by atoms with Gasteiger partial charge in [0.1, 0.15) is 18.3 Å². The quantitative estimate of drug-likeness (QED) is 0.397. The second kappa shape index (κ2) is 12.6. The number of aryl methyl sites for hydroxylation is 1. The zero-order valence-electron chi connectivity index (χ0n) is 22.4. The molecule has 9 heteroatoms. The molecule has 1 N–H and O–H groups in total. The molecule has 1 atom stereocenters. The molecule has 0 spiro atoms. The Bertz CT molecular complexity index is 1350. The Labute approximate surface area is 225 Å². The Morgan fingerprint density at radius 1 is 0.921 bits per heavy atom. The minimum absolute atomic E-state index is 0.0385. The number of amides is 2. The van der Waals surface area contributed by atoms with Crippen LogP contribution < -0.4 is 14.4 Å². The van der Waals surface area contributed by atoms with Gasteiger partial charge >= 0.3 is 0 Å². The Morgan fingerprint density at radius 2 is 1.53 bits per heavy atom. The lowest BCUT2D eigenvalue weighted by molar-refractivity contribution is -0.139. The van der Waals surface area contributed by atoms with Crippen molar-refractivity contribution in [3.8, 4) is 5.75 Å². The molecule has 38 heavy (non-hydrogen) atoms. The van der Waals surface area contributed by atoms with Crippen LogP contribution in [0.3, 0.4) is 0 Å². The maximum atomic E-state index is 13.9. The van der Waals surface area contributed by atoms with Gasteiger partial charge < -0.3 is 15.0 Å². The summed E-state index contributed by atoms with van der Waals surface area (Å²) < 4.78 is 34.3. The van der Waals surface area contributed by atoms with Gasteiger partial charge in [-0.3, -0.25) is 13.9 Å². The van der Waals surface area contributed by atoms with Crippen molar-refractivity contribution in [3.05, 3.63) is 90.0 Å². The molecule has 0 aliphatic heterocycles. The van der Waals surface area contributed by atoms with E-state index in [1.807, 2.05) is 51.1 Å². The summed E-state index contributed by atoms with van der Waals surface area (Å²) in [6.45, 7) is 6.76. The Kier molecular flexibility index (Phi) is 9.52. The minimum atomic E-state index is -4.16. The van der Waals surface area contributed by atoms with Crippen LogP contribution in [0, 0.1) is 6.92 Å². The van der Waals surface area contributed by atoms with Crippen molar-refractivity contribution in [3.63, 3.8) is 0 Å². The molecule has 3 aromatic rings. The first-order valence-corrected chi connectivity index (χ1v) is 13.8. The number of carbonyl (C=O) groups excluding carboxylic acids is 2. The van der Waals surface area contributed by atoms with Gasteiger partial charge in [-0.1, -0.05) is 54.6 Å². The third-order valence-electron chi connectivity index (χ3n) is 6.01. The topological polar surface area (TPSA) is 96.0 Å². The molecule has 0 fully saturated rings. The van der Waals surface area contributed by atoms with Crippen molar-refractivity contribution < 1.29 is 22.7 Å². The SMILES string of the molecule is COc1ccc(C)cc1N(CC(=O)N(Cc1ccccc1)[C@@H](C)C(=O)NC(C)C)S(=O)(=O)c1ccccc1. The minimum Gasteiger partial charge on any atom is -0.495 e. The van der Waals surface area contributed by atoms with E-state index in [2.05, 4.69) is 5.32 Å². The molecule has 0 bridgehead atoms. The van der Waals surface area contributed by atoms with Gasteiger partial charge in [-0.05, 0) is 63.1 Å². The number of methoxy groups -OCH3 is 1. The number of benzene rings is 3. The molecular formula is C29H35N3O5S. The third kappa shape index (κ3) is 6.92. The van der Waals surface area contributed by atoms with Gasteiger partial charge in [-0.25, -0.2) is 8.42 Å². The number of rotatable bonds is 11. The van der Waals surface area contributed by atoms with Crippen molar-refractivity contribution in [2.24, 2.45) is 0 Å². The number of ether oxygens (including phenoxy) is 1. The number of hydrogen-bond acceptors (Lipinski definition) is 5. The second-order valence-corrected chi connectivity index (χ2v) is 11.2. The summed E-state index contributed by atoms with van der Waals surface area (Å²) in [6, 6.07) is 21.4. The van der Waals surface area contributed by atoms with Crippen LogP contribution in [0.15, 0.2) is 83.8 Å². The van der Waals surface area contributed by atoms with E-state index < -0.39 is 28.5 Å². The summed E-state index contributed by atoms with van der Waals surface area (Å²) in [5.74, 6) is -0.540. The van der Waals surface area contributed by atoms with E-state index in [1.54, 1.807) is 43.3 Å². The number of anilines is 1. The van der Waals surface area contributed by atoms with Crippen LogP contribution in [0.2, 0.25) is 0 Å². The summed E-state index contributed by atoms with van der Waals surface area (Å²) >= 11 is 0. The largest absolute Gasteiger partial charge is 0.495 e. The number of hydrogen-bond donors (Lipinski definition) is 1. The maximum Gasteiger partial charge on any atom is 0.264 e. The smallest absolute Gasteiger partial charge is 0.264 e. The highest BCUT2D eigenvalue weighted by Gasteiger charge is 2.33. The molecule has 0 radical (unpaired) electrons. The van der Waals surface area contributed by atoms with Crippen molar-refractivity contribution >= 4 is 27.5 Å². The fraction of sp³-hybridized carbons (Fsp3) is 0.310. The van der Waals surface area contributed by atoms with Crippen LogP contribution in [-0.2, 0) is 26.2 Å². The molecular weight excluding hydrogens is 502 g/mol. The van der Waals surface area contributed by atoms with Crippen LogP contribution in [0.4, 0.5) is 5.69 Å². The first kappa shape index (κ1) is 28.7. The monoisotopic (exact) mass is 537 g/mol. The van der Waals surface area contributed by atoms with Gasteiger partial charge in [-0.2, -0.15) is 0 Å². The average Bonchev–Trinajstić information content (AvgIpc) is 2.90. The average molecular weight is 538 g/mol. The summed E-state index contributed by atoms with van der Waals surface area (Å²) in [7, 11) is -2.72. The van der Waals surface area contributed by atoms with Gasteiger partial charge in [0.15, 0.2) is 0 Å². The standard InChI is InChI=1S/C29H35N3O5S/c1-21(2)30-29(34)23(4)31(19-24-12-8-6-9-13-24)28(33)20-32(26-18-22(3)16-17-27(26)37-5)38(35,36)25-14-10-7-11-15-25/h6-18,21,23H,19-20H2,1-5H3,(H,30,34)/t23-/m0/s1. The van der Waals surface area contributed by atoms with Crippen molar-refractivity contribution in [1.82, 2.24) is 10.2 Å². The predicted molar refractivity (Wildman–Crippen MR) is 148 cm³/mol. The molecule has 0 saturated carbocycles. The molecule has 0 aromatic heterocycles. The molecule has 0 saturated heterocycles. The third-order valence-corrected chi connectivity index (χ3v) is 7.78. The normalized spacial score (nSPS) is 12.1. The highest BCUT2D eigenvalue weighted by atomic mass is 32.2. The fourth-order valence-corrected chi connectivity index (χ4v) is 5.43. The lowest BCUT2D eigenvalue weighted by atomic mass is 10.1. The van der Waals surface area contributed by atoms with E-state index in [1.165, 1.54) is 24.1 Å². The lowest BCUT2D eigenvalue weighted by Gasteiger charge is -2.32.